The first-order chi connectivity index (χ1) is 11.6. The first-order valence-corrected chi connectivity index (χ1v) is 7.85. The van der Waals surface area contributed by atoms with E-state index < -0.39 is 0 Å². The summed E-state index contributed by atoms with van der Waals surface area (Å²) in [6.07, 6.45) is 3.10. The molecule has 1 saturated heterocycles. The van der Waals surface area contributed by atoms with Crippen molar-refractivity contribution in [3.8, 4) is 0 Å². The van der Waals surface area contributed by atoms with Crippen LogP contribution in [0.4, 0.5) is 14.5 Å². The fourth-order valence-corrected chi connectivity index (χ4v) is 2.72. The maximum atomic E-state index is 13.1. The number of hydrogen-bond acceptors (Lipinski definition) is 2. The largest absolute Gasteiger partial charge is 0.368 e. The van der Waals surface area contributed by atoms with Crippen LogP contribution in [0.2, 0.25) is 0 Å². The minimum Gasteiger partial charge on any atom is -0.368 e. The molecule has 0 atom stereocenters. The molecule has 2 aromatic carbocycles. The average Bonchev–Trinajstić information content (AvgIpc) is 2.61. The standard InChI is InChI=1S/C19H18F2N2O/c20-16-5-7-18(8-6-16)22-10-12-23(13-11-22)19(24)9-4-15-2-1-3-17(21)14-15/h1-9,14H,10-13H2/b9-4+. The molecule has 3 nitrogen and oxygen atoms in total. The van der Waals surface area contributed by atoms with Gasteiger partial charge < -0.3 is 9.80 Å². The van der Waals surface area contributed by atoms with E-state index in [1.807, 2.05) is 0 Å². The molecule has 124 valence electrons. The van der Waals surface area contributed by atoms with Gasteiger partial charge in [-0.25, -0.2) is 8.78 Å². The highest BCUT2D eigenvalue weighted by Crippen LogP contribution is 2.17. The van der Waals surface area contributed by atoms with Crippen molar-refractivity contribution in [3.63, 3.8) is 0 Å². The number of amides is 1. The first kappa shape index (κ1) is 16.2. The minimum absolute atomic E-state index is 0.0852. The topological polar surface area (TPSA) is 23.6 Å². The molecule has 0 aromatic heterocycles. The molecule has 0 aliphatic carbocycles. The highest BCUT2D eigenvalue weighted by Gasteiger charge is 2.19. The van der Waals surface area contributed by atoms with Gasteiger partial charge in [0.05, 0.1) is 0 Å². The molecule has 0 radical (unpaired) electrons. The maximum absolute atomic E-state index is 13.1. The van der Waals surface area contributed by atoms with Gasteiger partial charge in [0.2, 0.25) is 5.91 Å². The molecule has 1 aliphatic heterocycles. The highest BCUT2D eigenvalue weighted by molar-refractivity contribution is 5.92. The van der Waals surface area contributed by atoms with Gasteiger partial charge >= 0.3 is 0 Å². The monoisotopic (exact) mass is 328 g/mol. The normalized spacial score (nSPS) is 15.1. The number of anilines is 1. The number of piperazine rings is 1. The summed E-state index contributed by atoms with van der Waals surface area (Å²) in [4.78, 5) is 16.1. The Hall–Kier alpha value is -2.69. The van der Waals surface area contributed by atoms with Crippen LogP contribution in [-0.2, 0) is 4.79 Å². The molecule has 5 heteroatoms. The number of rotatable bonds is 3. The van der Waals surface area contributed by atoms with Crippen molar-refractivity contribution >= 4 is 17.7 Å². The Bertz CT molecular complexity index is 735. The van der Waals surface area contributed by atoms with Gasteiger partial charge in [-0.3, -0.25) is 4.79 Å². The quantitative estimate of drug-likeness (QED) is 0.807. The van der Waals surface area contributed by atoms with E-state index in [1.165, 1.54) is 30.3 Å². The van der Waals surface area contributed by atoms with Crippen molar-refractivity contribution in [1.29, 1.82) is 0 Å². The van der Waals surface area contributed by atoms with Crippen LogP contribution in [0.1, 0.15) is 5.56 Å². The van der Waals surface area contributed by atoms with Crippen molar-refractivity contribution in [2.75, 3.05) is 31.1 Å². The Kier molecular flexibility index (Phi) is 4.89. The Morgan fingerprint density at radius 2 is 1.62 bits per heavy atom. The lowest BCUT2D eigenvalue weighted by Crippen LogP contribution is -2.48. The van der Waals surface area contributed by atoms with Gasteiger partial charge in [-0.2, -0.15) is 0 Å². The van der Waals surface area contributed by atoms with Crippen LogP contribution >= 0.6 is 0 Å². The van der Waals surface area contributed by atoms with Crippen molar-refractivity contribution in [2.24, 2.45) is 0 Å². The molecule has 1 fully saturated rings. The summed E-state index contributed by atoms with van der Waals surface area (Å²) >= 11 is 0. The van der Waals surface area contributed by atoms with Crippen molar-refractivity contribution in [1.82, 2.24) is 4.90 Å². The van der Waals surface area contributed by atoms with E-state index in [9.17, 15) is 13.6 Å². The smallest absolute Gasteiger partial charge is 0.246 e. The van der Waals surface area contributed by atoms with E-state index in [2.05, 4.69) is 4.90 Å². The Morgan fingerprint density at radius 3 is 2.29 bits per heavy atom. The second-order valence-corrected chi connectivity index (χ2v) is 5.68. The average molecular weight is 328 g/mol. The minimum atomic E-state index is -0.322. The second-order valence-electron chi connectivity index (χ2n) is 5.68. The molecule has 0 spiro atoms. The lowest BCUT2D eigenvalue weighted by Gasteiger charge is -2.35. The third-order valence-electron chi connectivity index (χ3n) is 4.05. The zero-order valence-corrected chi connectivity index (χ0v) is 13.2. The SMILES string of the molecule is O=C(/C=C/c1cccc(F)c1)N1CCN(c2ccc(F)cc2)CC1. The molecule has 0 N–H and O–H groups in total. The van der Waals surface area contributed by atoms with E-state index in [4.69, 9.17) is 0 Å². The zero-order chi connectivity index (χ0) is 16.9. The molecule has 2 aromatic rings. The molecule has 1 aliphatic rings. The van der Waals surface area contributed by atoms with E-state index in [0.717, 1.165) is 5.69 Å². The van der Waals surface area contributed by atoms with Crippen molar-refractivity contribution in [2.45, 2.75) is 0 Å². The maximum Gasteiger partial charge on any atom is 0.246 e. The Balaban J connectivity index is 1.56. The van der Waals surface area contributed by atoms with Gasteiger partial charge in [0.15, 0.2) is 0 Å². The molecule has 0 saturated carbocycles. The lowest BCUT2D eigenvalue weighted by atomic mass is 10.2. The summed E-state index contributed by atoms with van der Waals surface area (Å²) in [5.74, 6) is -0.662. The van der Waals surface area contributed by atoms with Crippen LogP contribution in [0.15, 0.2) is 54.6 Å². The van der Waals surface area contributed by atoms with Crippen LogP contribution in [0, 0.1) is 11.6 Å². The van der Waals surface area contributed by atoms with E-state index in [-0.39, 0.29) is 17.5 Å². The van der Waals surface area contributed by atoms with Gasteiger partial charge in [-0.1, -0.05) is 12.1 Å². The predicted molar refractivity (Wildman–Crippen MR) is 90.6 cm³/mol. The molecule has 0 unspecified atom stereocenters. The predicted octanol–water partition coefficient (Wildman–Crippen LogP) is 3.33. The van der Waals surface area contributed by atoms with E-state index in [1.54, 1.807) is 35.2 Å². The van der Waals surface area contributed by atoms with E-state index in [0.29, 0.717) is 31.7 Å². The molecular weight excluding hydrogens is 310 g/mol. The zero-order valence-electron chi connectivity index (χ0n) is 13.2. The molecular formula is C19H18F2N2O. The summed E-state index contributed by atoms with van der Waals surface area (Å²) < 4.78 is 26.1. The number of carbonyl (C=O) groups excluding carboxylic acids is 1. The third-order valence-corrected chi connectivity index (χ3v) is 4.05. The van der Waals surface area contributed by atoms with Crippen LogP contribution in [-0.4, -0.2) is 37.0 Å². The third kappa shape index (κ3) is 3.98. The summed E-state index contributed by atoms with van der Waals surface area (Å²) in [7, 11) is 0. The molecule has 0 bridgehead atoms. The number of benzene rings is 2. The summed E-state index contributed by atoms with van der Waals surface area (Å²) in [5.41, 5.74) is 1.62. The van der Waals surface area contributed by atoms with Crippen molar-refractivity contribution in [3.05, 3.63) is 71.8 Å². The molecule has 1 amide bonds. The van der Waals surface area contributed by atoms with Crippen LogP contribution < -0.4 is 4.90 Å². The Morgan fingerprint density at radius 1 is 0.917 bits per heavy atom. The number of carbonyl (C=O) groups is 1. The highest BCUT2D eigenvalue weighted by atomic mass is 19.1. The summed E-state index contributed by atoms with van der Waals surface area (Å²) in [5, 5.41) is 0. The Labute approximate surface area is 139 Å². The number of hydrogen-bond donors (Lipinski definition) is 0. The van der Waals surface area contributed by atoms with Gasteiger partial charge in [0.1, 0.15) is 11.6 Å². The fraction of sp³-hybridized carbons (Fsp3) is 0.211. The molecule has 3 rings (SSSR count). The summed E-state index contributed by atoms with van der Waals surface area (Å²) in [6.45, 7) is 2.60. The fourth-order valence-electron chi connectivity index (χ4n) is 2.72. The van der Waals surface area contributed by atoms with Gasteiger partial charge in [-0.05, 0) is 48.0 Å². The van der Waals surface area contributed by atoms with Crippen LogP contribution in [0.25, 0.3) is 6.08 Å². The second kappa shape index (κ2) is 7.25. The molecule has 24 heavy (non-hydrogen) atoms. The van der Waals surface area contributed by atoms with Crippen LogP contribution in [0.3, 0.4) is 0 Å². The number of nitrogens with zero attached hydrogens (tertiary/aromatic N) is 2. The first-order valence-electron chi connectivity index (χ1n) is 7.85. The molecule has 1 heterocycles. The van der Waals surface area contributed by atoms with E-state index >= 15 is 0 Å². The lowest BCUT2D eigenvalue weighted by molar-refractivity contribution is -0.126. The van der Waals surface area contributed by atoms with Gasteiger partial charge in [0, 0.05) is 37.9 Å². The van der Waals surface area contributed by atoms with Crippen LogP contribution in [0.5, 0.6) is 0 Å². The van der Waals surface area contributed by atoms with Gasteiger partial charge in [-0.15, -0.1) is 0 Å². The van der Waals surface area contributed by atoms with Gasteiger partial charge in [0.25, 0.3) is 0 Å². The number of halogens is 2. The van der Waals surface area contributed by atoms with Crippen molar-refractivity contribution < 1.29 is 13.6 Å². The summed E-state index contributed by atoms with van der Waals surface area (Å²) in [6, 6.07) is 12.5.